The standard InChI is InChI=1S/C33H38ClN5O6/c1-31(2,3)19-33(22-11-8-20(9-12-22)25-17-35-14-15-36-25)28(42)39(29(38-33)37-30(43)45-32(4,5)6)26(18-40)21-10-13-24(34)23(16-21)27(41)44-7/h8-17,26,40H,18-19H2,1-7H3,(H,37,38,43)/t26?,33-/m1/s1. The second-order valence-corrected chi connectivity index (χ2v) is 13.4. The topological polar surface area (TPSA) is 143 Å². The third kappa shape index (κ3) is 7.49. The van der Waals surface area contributed by atoms with Crippen LogP contribution in [-0.2, 0) is 19.8 Å². The molecule has 238 valence electrons. The van der Waals surface area contributed by atoms with Gasteiger partial charge in [0, 0.05) is 18.0 Å². The number of nitrogens with zero attached hydrogens (tertiary/aromatic N) is 4. The lowest BCUT2D eigenvalue weighted by Gasteiger charge is -2.35. The fourth-order valence-corrected chi connectivity index (χ4v) is 5.48. The van der Waals surface area contributed by atoms with Crippen molar-refractivity contribution in [3.8, 4) is 11.3 Å². The number of nitrogens with one attached hydrogen (secondary N) is 1. The lowest BCUT2D eigenvalue weighted by Crippen LogP contribution is -2.47. The van der Waals surface area contributed by atoms with Crippen LogP contribution in [-0.4, -0.2) is 63.2 Å². The fraction of sp³-hybridized carbons (Fsp3) is 0.394. The molecule has 2 aromatic carbocycles. The van der Waals surface area contributed by atoms with Crippen molar-refractivity contribution in [2.24, 2.45) is 10.4 Å². The summed E-state index contributed by atoms with van der Waals surface area (Å²) in [5.41, 5.74) is -0.144. The minimum Gasteiger partial charge on any atom is -0.465 e. The van der Waals surface area contributed by atoms with Gasteiger partial charge in [0.2, 0.25) is 5.96 Å². The number of methoxy groups -OCH3 is 1. The molecule has 0 saturated carbocycles. The molecular weight excluding hydrogens is 598 g/mol. The number of guanidine groups is 1. The maximum atomic E-state index is 14.8. The van der Waals surface area contributed by atoms with Gasteiger partial charge in [-0.15, -0.1) is 4.99 Å². The lowest BCUT2D eigenvalue weighted by atomic mass is 9.75. The van der Waals surface area contributed by atoms with E-state index < -0.39 is 47.2 Å². The highest BCUT2D eigenvalue weighted by molar-refractivity contribution is 6.33. The molecule has 0 aliphatic carbocycles. The van der Waals surface area contributed by atoms with Gasteiger partial charge in [-0.1, -0.05) is 62.7 Å². The van der Waals surface area contributed by atoms with Crippen LogP contribution in [0.25, 0.3) is 11.3 Å². The quantitative estimate of drug-likeness (QED) is 0.314. The summed E-state index contributed by atoms with van der Waals surface area (Å²) >= 11 is 6.27. The molecule has 0 radical (unpaired) electrons. The molecule has 2 atom stereocenters. The van der Waals surface area contributed by atoms with Crippen molar-refractivity contribution >= 4 is 35.5 Å². The maximum Gasteiger partial charge on any atom is 0.437 e. The molecule has 11 nitrogen and oxygen atoms in total. The number of hydrogen-bond donors (Lipinski definition) is 2. The van der Waals surface area contributed by atoms with Gasteiger partial charge in [0.15, 0.2) is 0 Å². The highest BCUT2D eigenvalue weighted by Gasteiger charge is 2.55. The van der Waals surface area contributed by atoms with Gasteiger partial charge in [-0.05, 0) is 55.9 Å². The van der Waals surface area contributed by atoms with Crippen LogP contribution >= 0.6 is 11.6 Å². The van der Waals surface area contributed by atoms with Gasteiger partial charge in [0.25, 0.3) is 5.91 Å². The number of aliphatic hydroxyl groups is 1. The molecule has 12 heteroatoms. The summed E-state index contributed by atoms with van der Waals surface area (Å²) in [6.45, 7) is 10.5. The summed E-state index contributed by atoms with van der Waals surface area (Å²) in [6.07, 6.45) is 4.20. The SMILES string of the molecule is COC(=O)c1cc(C(CO)N2C(=O)[C@@](CC(C)(C)C)(c3ccc(-c4cnccn4)cc3)N/C2=N\C(=O)OC(C)(C)C)ccc1Cl. The molecule has 1 aliphatic heterocycles. The van der Waals surface area contributed by atoms with Gasteiger partial charge >= 0.3 is 12.1 Å². The molecule has 1 fully saturated rings. The van der Waals surface area contributed by atoms with E-state index in [9.17, 15) is 19.5 Å². The van der Waals surface area contributed by atoms with Crippen LogP contribution in [0.15, 0.2) is 66.0 Å². The van der Waals surface area contributed by atoms with Gasteiger partial charge in [-0.2, -0.15) is 0 Å². The normalized spacial score (nSPS) is 18.5. The van der Waals surface area contributed by atoms with Crippen LogP contribution in [0.3, 0.4) is 0 Å². The Morgan fingerprint density at radius 1 is 1.09 bits per heavy atom. The van der Waals surface area contributed by atoms with Gasteiger partial charge in [0.05, 0.1) is 42.2 Å². The molecule has 1 aromatic heterocycles. The second-order valence-electron chi connectivity index (χ2n) is 13.0. The van der Waals surface area contributed by atoms with Gasteiger partial charge in [0.1, 0.15) is 11.1 Å². The molecule has 2 N–H and O–H groups in total. The van der Waals surface area contributed by atoms with Gasteiger partial charge in [-0.3, -0.25) is 19.7 Å². The van der Waals surface area contributed by atoms with E-state index in [1.165, 1.54) is 24.1 Å². The summed E-state index contributed by atoms with van der Waals surface area (Å²) in [4.78, 5) is 54.3. The van der Waals surface area contributed by atoms with Crippen molar-refractivity contribution in [3.05, 3.63) is 82.8 Å². The fourth-order valence-electron chi connectivity index (χ4n) is 5.29. The predicted octanol–water partition coefficient (Wildman–Crippen LogP) is 5.67. The molecule has 1 saturated heterocycles. The Morgan fingerprint density at radius 2 is 1.78 bits per heavy atom. The summed E-state index contributed by atoms with van der Waals surface area (Å²) in [6, 6.07) is 10.8. The lowest BCUT2D eigenvalue weighted by molar-refractivity contribution is -0.134. The van der Waals surface area contributed by atoms with E-state index >= 15 is 0 Å². The number of carbonyl (C=O) groups excluding carboxylic acids is 3. The van der Waals surface area contributed by atoms with E-state index in [0.29, 0.717) is 23.2 Å². The van der Waals surface area contributed by atoms with Gasteiger partial charge < -0.3 is 19.9 Å². The summed E-state index contributed by atoms with van der Waals surface area (Å²) < 4.78 is 10.3. The number of amides is 2. The Kier molecular flexibility index (Phi) is 9.65. The van der Waals surface area contributed by atoms with Crippen molar-refractivity contribution in [2.75, 3.05) is 13.7 Å². The van der Waals surface area contributed by atoms with Crippen LogP contribution in [0.5, 0.6) is 0 Å². The smallest absolute Gasteiger partial charge is 0.437 e. The second kappa shape index (κ2) is 12.9. The highest BCUT2D eigenvalue weighted by Crippen LogP contribution is 2.43. The van der Waals surface area contributed by atoms with E-state index in [4.69, 9.17) is 21.1 Å². The van der Waals surface area contributed by atoms with E-state index in [1.807, 2.05) is 45.0 Å². The summed E-state index contributed by atoms with van der Waals surface area (Å²) in [5.74, 6) is -1.25. The summed E-state index contributed by atoms with van der Waals surface area (Å²) in [7, 11) is 1.23. The molecule has 2 amide bonds. The average Bonchev–Trinajstić information content (AvgIpc) is 3.23. The highest BCUT2D eigenvalue weighted by atomic mass is 35.5. The zero-order chi connectivity index (χ0) is 33.2. The molecule has 0 spiro atoms. The minimum absolute atomic E-state index is 0.0564. The van der Waals surface area contributed by atoms with Crippen LogP contribution in [0.4, 0.5) is 4.79 Å². The largest absolute Gasteiger partial charge is 0.465 e. The Balaban J connectivity index is 1.90. The number of ether oxygens (including phenoxy) is 2. The monoisotopic (exact) mass is 635 g/mol. The van der Waals surface area contributed by atoms with Crippen molar-refractivity contribution in [2.45, 2.75) is 65.1 Å². The number of aliphatic hydroxyl groups excluding tert-OH is 1. The first kappa shape index (κ1) is 33.5. The third-order valence-electron chi connectivity index (χ3n) is 7.03. The molecule has 0 bridgehead atoms. The van der Waals surface area contributed by atoms with E-state index in [0.717, 1.165) is 5.56 Å². The van der Waals surface area contributed by atoms with Crippen molar-refractivity contribution < 1.29 is 29.0 Å². The Hall–Kier alpha value is -4.35. The molecule has 1 aliphatic rings. The predicted molar refractivity (Wildman–Crippen MR) is 169 cm³/mol. The van der Waals surface area contributed by atoms with E-state index in [2.05, 4.69) is 20.3 Å². The van der Waals surface area contributed by atoms with Crippen LogP contribution < -0.4 is 5.32 Å². The average molecular weight is 636 g/mol. The minimum atomic E-state index is -1.40. The maximum absolute atomic E-state index is 14.8. The number of aromatic nitrogens is 2. The zero-order valence-corrected chi connectivity index (χ0v) is 27.2. The number of hydrogen-bond acceptors (Lipinski definition) is 8. The van der Waals surface area contributed by atoms with E-state index in [-0.39, 0.29) is 16.5 Å². The van der Waals surface area contributed by atoms with E-state index in [1.54, 1.807) is 45.4 Å². The molecule has 4 rings (SSSR count). The van der Waals surface area contributed by atoms with Gasteiger partial charge in [-0.25, -0.2) is 9.59 Å². The molecular formula is C33H38ClN5O6. The van der Waals surface area contributed by atoms with Crippen molar-refractivity contribution in [1.82, 2.24) is 20.2 Å². The molecule has 1 unspecified atom stereocenters. The first-order valence-electron chi connectivity index (χ1n) is 14.4. The first-order chi connectivity index (χ1) is 21.1. The van der Waals surface area contributed by atoms with Crippen LogP contribution in [0.1, 0.15) is 75.5 Å². The molecule has 2 heterocycles. The molecule has 3 aromatic rings. The number of rotatable bonds is 7. The van der Waals surface area contributed by atoms with Crippen molar-refractivity contribution in [3.63, 3.8) is 0 Å². The number of aliphatic imine (C=N–C) groups is 1. The Labute approximate surface area is 267 Å². The van der Waals surface area contributed by atoms with Crippen LogP contribution in [0.2, 0.25) is 5.02 Å². The number of halogens is 1. The number of benzene rings is 2. The van der Waals surface area contributed by atoms with Crippen LogP contribution in [0, 0.1) is 5.41 Å². The molecule has 45 heavy (non-hydrogen) atoms. The Morgan fingerprint density at radius 3 is 2.33 bits per heavy atom. The Bertz CT molecular complexity index is 1600. The summed E-state index contributed by atoms with van der Waals surface area (Å²) in [5, 5.41) is 14.1. The number of esters is 1. The third-order valence-corrected chi connectivity index (χ3v) is 7.35. The first-order valence-corrected chi connectivity index (χ1v) is 14.8. The van der Waals surface area contributed by atoms with Crippen molar-refractivity contribution in [1.29, 1.82) is 0 Å². The zero-order valence-electron chi connectivity index (χ0n) is 26.4. The number of carbonyl (C=O) groups is 3.